The van der Waals surface area contributed by atoms with E-state index in [1.54, 1.807) is 0 Å². The van der Waals surface area contributed by atoms with Gasteiger partial charge in [0.05, 0.1) is 23.5 Å². The van der Waals surface area contributed by atoms with E-state index in [1.807, 2.05) is 0 Å². The highest BCUT2D eigenvalue weighted by Crippen LogP contribution is 2.30. The molecule has 1 aromatic carbocycles. The Morgan fingerprint density at radius 2 is 1.94 bits per heavy atom. The normalized spacial score (nSPS) is 10.7. The molecule has 0 radical (unpaired) electrons. The fourth-order valence-corrected chi connectivity index (χ4v) is 1.79. The highest BCUT2D eigenvalue weighted by atomic mass is 35.5. The summed E-state index contributed by atoms with van der Waals surface area (Å²) in [6, 6.07) is 2.20. The summed E-state index contributed by atoms with van der Waals surface area (Å²) < 4.78 is 27.2. The van der Waals surface area contributed by atoms with Gasteiger partial charge < -0.3 is 5.11 Å². The summed E-state index contributed by atoms with van der Waals surface area (Å²) in [4.78, 5) is 7.42. The minimum absolute atomic E-state index is 0.0452. The molecule has 1 aromatic heterocycles. The van der Waals surface area contributed by atoms with Crippen molar-refractivity contribution in [2.75, 3.05) is 0 Å². The molecule has 0 atom stereocenters. The second-order valence-corrected chi connectivity index (χ2v) is 4.13. The molecule has 0 saturated heterocycles. The van der Waals surface area contributed by atoms with Gasteiger partial charge in [0.1, 0.15) is 11.6 Å². The molecule has 0 aliphatic carbocycles. The zero-order valence-electron chi connectivity index (χ0n) is 8.79. The van der Waals surface area contributed by atoms with E-state index in [9.17, 15) is 8.78 Å². The Labute approximate surface area is 111 Å². The van der Waals surface area contributed by atoms with Crippen LogP contribution < -0.4 is 0 Å². The summed E-state index contributed by atoms with van der Waals surface area (Å²) in [6.07, 6.45) is 1.22. The number of aliphatic hydroxyl groups is 1. The number of rotatable bonds is 2. The molecule has 0 spiro atoms. The van der Waals surface area contributed by atoms with Crippen molar-refractivity contribution in [3.8, 4) is 11.3 Å². The van der Waals surface area contributed by atoms with Crippen molar-refractivity contribution < 1.29 is 13.9 Å². The number of halogens is 4. The van der Waals surface area contributed by atoms with Crippen LogP contribution in [0.4, 0.5) is 8.78 Å². The zero-order valence-corrected chi connectivity index (χ0v) is 10.3. The second-order valence-electron chi connectivity index (χ2n) is 3.38. The second kappa shape index (κ2) is 5.14. The van der Waals surface area contributed by atoms with Gasteiger partial charge in [-0.25, -0.2) is 18.7 Å². The molecule has 0 unspecified atom stereocenters. The molecule has 0 aliphatic rings. The SMILES string of the molecule is OCc1c(F)ccc(-c2nc(Cl)ncc2Cl)c1F. The first-order valence-corrected chi connectivity index (χ1v) is 5.56. The summed E-state index contributed by atoms with van der Waals surface area (Å²) in [5.74, 6) is -1.76. The van der Waals surface area contributed by atoms with Crippen LogP contribution in [-0.4, -0.2) is 15.1 Å². The van der Waals surface area contributed by atoms with Crippen molar-refractivity contribution >= 4 is 23.2 Å². The average molecular weight is 291 g/mol. The minimum Gasteiger partial charge on any atom is -0.391 e. The van der Waals surface area contributed by atoms with Gasteiger partial charge in [-0.1, -0.05) is 11.6 Å². The monoisotopic (exact) mass is 290 g/mol. The van der Waals surface area contributed by atoms with Gasteiger partial charge in [-0.15, -0.1) is 0 Å². The number of hydrogen-bond donors (Lipinski definition) is 1. The molecule has 1 heterocycles. The van der Waals surface area contributed by atoms with E-state index >= 15 is 0 Å². The van der Waals surface area contributed by atoms with Gasteiger partial charge in [0.15, 0.2) is 0 Å². The van der Waals surface area contributed by atoms with E-state index in [2.05, 4.69) is 9.97 Å². The van der Waals surface area contributed by atoms with Gasteiger partial charge in [-0.05, 0) is 23.7 Å². The first-order chi connectivity index (χ1) is 8.54. The van der Waals surface area contributed by atoms with E-state index in [4.69, 9.17) is 28.3 Å². The Bertz CT molecular complexity index is 608. The van der Waals surface area contributed by atoms with E-state index in [1.165, 1.54) is 12.3 Å². The molecule has 0 bridgehead atoms. The fraction of sp³-hybridized carbons (Fsp3) is 0.0909. The van der Waals surface area contributed by atoms with Crippen LogP contribution in [0.5, 0.6) is 0 Å². The zero-order chi connectivity index (χ0) is 13.3. The standard InChI is InChI=1S/C11H6Cl2F2N2O/c12-7-3-16-11(13)17-10(7)5-1-2-8(14)6(4-18)9(5)15/h1-3,18H,4H2. The number of nitrogens with zero attached hydrogens (tertiary/aromatic N) is 2. The Balaban J connectivity index is 2.68. The third kappa shape index (κ3) is 2.29. The first-order valence-electron chi connectivity index (χ1n) is 4.80. The van der Waals surface area contributed by atoms with Crippen LogP contribution in [0.2, 0.25) is 10.3 Å². The van der Waals surface area contributed by atoms with Gasteiger partial charge in [-0.2, -0.15) is 0 Å². The van der Waals surface area contributed by atoms with Gasteiger partial charge in [0.2, 0.25) is 5.28 Å². The Hall–Kier alpha value is -1.30. The smallest absolute Gasteiger partial charge is 0.222 e. The van der Waals surface area contributed by atoms with Crippen molar-refractivity contribution in [2.24, 2.45) is 0 Å². The largest absolute Gasteiger partial charge is 0.391 e. The van der Waals surface area contributed by atoms with Crippen molar-refractivity contribution in [1.82, 2.24) is 9.97 Å². The lowest BCUT2D eigenvalue weighted by Gasteiger charge is -2.08. The van der Waals surface area contributed by atoms with Crippen LogP contribution in [-0.2, 0) is 6.61 Å². The van der Waals surface area contributed by atoms with Crippen molar-refractivity contribution in [1.29, 1.82) is 0 Å². The fourth-order valence-electron chi connectivity index (χ4n) is 1.46. The van der Waals surface area contributed by atoms with Crippen LogP contribution >= 0.6 is 23.2 Å². The Morgan fingerprint density at radius 3 is 2.61 bits per heavy atom. The molecule has 2 aromatic rings. The lowest BCUT2D eigenvalue weighted by Crippen LogP contribution is -2.00. The van der Waals surface area contributed by atoms with E-state index < -0.39 is 23.8 Å². The predicted octanol–water partition coefficient (Wildman–Crippen LogP) is 3.22. The van der Waals surface area contributed by atoms with Gasteiger partial charge in [0, 0.05) is 11.1 Å². The average Bonchev–Trinajstić information content (AvgIpc) is 2.34. The van der Waals surface area contributed by atoms with Crippen LogP contribution in [0.25, 0.3) is 11.3 Å². The van der Waals surface area contributed by atoms with Crippen molar-refractivity contribution in [3.05, 3.63) is 45.8 Å². The molecular formula is C11H6Cl2F2N2O. The Kier molecular flexibility index (Phi) is 3.75. The number of hydrogen-bond acceptors (Lipinski definition) is 3. The van der Waals surface area contributed by atoms with Crippen molar-refractivity contribution in [3.63, 3.8) is 0 Å². The maximum absolute atomic E-state index is 14.0. The van der Waals surface area contributed by atoms with Crippen molar-refractivity contribution in [2.45, 2.75) is 6.61 Å². The first kappa shape index (κ1) is 13.1. The molecule has 3 nitrogen and oxygen atoms in total. The third-order valence-corrected chi connectivity index (χ3v) is 2.77. The molecule has 7 heteroatoms. The molecule has 0 fully saturated rings. The number of benzene rings is 1. The molecule has 0 saturated carbocycles. The topological polar surface area (TPSA) is 46.0 Å². The highest BCUT2D eigenvalue weighted by molar-refractivity contribution is 6.33. The molecule has 2 rings (SSSR count). The lowest BCUT2D eigenvalue weighted by atomic mass is 10.1. The van der Waals surface area contributed by atoms with E-state index in [-0.39, 0.29) is 21.6 Å². The summed E-state index contributed by atoms with van der Waals surface area (Å²) in [5.41, 5.74) is -0.447. The lowest BCUT2D eigenvalue weighted by molar-refractivity contribution is 0.269. The van der Waals surface area contributed by atoms with E-state index in [0.717, 1.165) is 6.07 Å². The quantitative estimate of drug-likeness (QED) is 0.864. The van der Waals surface area contributed by atoms with Crippen LogP contribution in [0.3, 0.4) is 0 Å². The molecule has 18 heavy (non-hydrogen) atoms. The van der Waals surface area contributed by atoms with E-state index in [0.29, 0.717) is 0 Å². The summed E-state index contributed by atoms with van der Waals surface area (Å²) in [5, 5.41) is 8.89. The van der Waals surface area contributed by atoms with Gasteiger partial charge >= 0.3 is 0 Å². The molecule has 1 N–H and O–H groups in total. The summed E-state index contributed by atoms with van der Waals surface area (Å²) in [6.45, 7) is -0.762. The minimum atomic E-state index is -0.922. The molecule has 0 amide bonds. The summed E-state index contributed by atoms with van der Waals surface area (Å²) >= 11 is 11.4. The Morgan fingerprint density at radius 1 is 1.22 bits per heavy atom. The van der Waals surface area contributed by atoms with Crippen LogP contribution in [0, 0.1) is 11.6 Å². The molecule has 0 aliphatic heterocycles. The van der Waals surface area contributed by atoms with Crippen LogP contribution in [0.15, 0.2) is 18.3 Å². The highest BCUT2D eigenvalue weighted by Gasteiger charge is 2.17. The molecular weight excluding hydrogens is 285 g/mol. The number of aliphatic hydroxyl groups excluding tert-OH is 1. The third-order valence-electron chi connectivity index (χ3n) is 2.31. The van der Waals surface area contributed by atoms with Crippen LogP contribution in [0.1, 0.15) is 5.56 Å². The van der Waals surface area contributed by atoms with Gasteiger partial charge in [0.25, 0.3) is 0 Å². The maximum atomic E-state index is 14.0. The summed E-state index contributed by atoms with van der Waals surface area (Å²) in [7, 11) is 0. The number of aromatic nitrogens is 2. The predicted molar refractivity (Wildman–Crippen MR) is 63.3 cm³/mol. The van der Waals surface area contributed by atoms with Gasteiger partial charge in [-0.3, -0.25) is 0 Å². The maximum Gasteiger partial charge on any atom is 0.222 e. The molecule has 94 valence electrons.